The van der Waals surface area contributed by atoms with E-state index in [9.17, 15) is 9.50 Å². The van der Waals surface area contributed by atoms with E-state index in [0.717, 1.165) is 5.56 Å². The molecule has 0 aliphatic carbocycles. The molecule has 0 bridgehead atoms. The van der Waals surface area contributed by atoms with Gasteiger partial charge in [0.15, 0.2) is 0 Å². The Morgan fingerprint density at radius 2 is 2.19 bits per heavy atom. The Hall–Kier alpha value is -0.450. The predicted octanol–water partition coefficient (Wildman–Crippen LogP) is 2.84. The van der Waals surface area contributed by atoms with Crippen molar-refractivity contribution < 1.29 is 9.50 Å². The van der Waals surface area contributed by atoms with Crippen molar-refractivity contribution in [3.05, 3.63) is 34.1 Å². The van der Waals surface area contributed by atoms with Gasteiger partial charge in [0.1, 0.15) is 5.82 Å². The molecule has 0 amide bonds. The second-order valence-corrected chi connectivity index (χ2v) is 5.06. The van der Waals surface area contributed by atoms with E-state index < -0.39 is 5.60 Å². The minimum atomic E-state index is -0.683. The molecule has 0 spiro atoms. The fourth-order valence-electron chi connectivity index (χ4n) is 1.25. The van der Waals surface area contributed by atoms with Crippen LogP contribution in [0.25, 0.3) is 0 Å². The van der Waals surface area contributed by atoms with E-state index >= 15 is 0 Å². The second-order valence-electron chi connectivity index (χ2n) is 4.20. The van der Waals surface area contributed by atoms with Crippen LogP contribution >= 0.6 is 15.9 Å². The highest BCUT2D eigenvalue weighted by atomic mass is 79.9. The van der Waals surface area contributed by atoms with Crippen LogP contribution in [-0.2, 0) is 6.54 Å². The Morgan fingerprint density at radius 1 is 1.50 bits per heavy atom. The predicted molar refractivity (Wildman–Crippen MR) is 66.7 cm³/mol. The number of halogens is 2. The second kappa shape index (κ2) is 5.75. The van der Waals surface area contributed by atoms with Crippen LogP contribution in [0, 0.1) is 5.82 Å². The molecule has 0 aliphatic heterocycles. The van der Waals surface area contributed by atoms with Gasteiger partial charge in [-0.25, -0.2) is 4.39 Å². The number of aliphatic hydroxyl groups is 1. The Kier molecular flexibility index (Phi) is 4.89. The highest BCUT2D eigenvalue weighted by molar-refractivity contribution is 9.10. The highest BCUT2D eigenvalue weighted by Gasteiger charge is 2.16. The van der Waals surface area contributed by atoms with Crippen LogP contribution in [0.2, 0.25) is 0 Å². The maximum absolute atomic E-state index is 13.0. The topological polar surface area (TPSA) is 32.3 Å². The van der Waals surface area contributed by atoms with E-state index in [0.29, 0.717) is 24.0 Å². The van der Waals surface area contributed by atoms with Crippen LogP contribution in [0.5, 0.6) is 0 Å². The fourth-order valence-corrected chi connectivity index (χ4v) is 1.68. The van der Waals surface area contributed by atoms with Gasteiger partial charge in [-0.1, -0.05) is 13.0 Å². The zero-order valence-electron chi connectivity index (χ0n) is 9.56. The third kappa shape index (κ3) is 4.20. The number of hydrogen-bond acceptors (Lipinski definition) is 2. The molecule has 0 aromatic heterocycles. The van der Waals surface area contributed by atoms with Crippen molar-refractivity contribution in [2.45, 2.75) is 32.4 Å². The molecule has 2 nitrogen and oxygen atoms in total. The molecule has 0 radical (unpaired) electrons. The molecule has 16 heavy (non-hydrogen) atoms. The lowest BCUT2D eigenvalue weighted by molar-refractivity contribution is 0.0555. The molecule has 0 heterocycles. The van der Waals surface area contributed by atoms with Crippen LogP contribution in [0.4, 0.5) is 4.39 Å². The number of nitrogens with one attached hydrogen (secondary N) is 1. The summed E-state index contributed by atoms with van der Waals surface area (Å²) in [5, 5.41) is 12.9. The van der Waals surface area contributed by atoms with Gasteiger partial charge in [-0.15, -0.1) is 0 Å². The summed E-state index contributed by atoms with van der Waals surface area (Å²) < 4.78 is 13.4. The number of rotatable bonds is 5. The van der Waals surface area contributed by atoms with Gasteiger partial charge < -0.3 is 10.4 Å². The van der Waals surface area contributed by atoms with Gasteiger partial charge in [-0.3, -0.25) is 0 Å². The lowest BCUT2D eigenvalue weighted by Gasteiger charge is -2.21. The molecule has 2 N–H and O–H groups in total. The number of hydrogen-bond donors (Lipinski definition) is 2. The summed E-state index contributed by atoms with van der Waals surface area (Å²) in [6, 6.07) is 4.90. The lowest BCUT2D eigenvalue weighted by atomic mass is 10.0. The van der Waals surface area contributed by atoms with E-state index in [4.69, 9.17) is 0 Å². The maximum Gasteiger partial charge on any atom is 0.137 e. The first kappa shape index (κ1) is 13.6. The molecule has 1 rings (SSSR count). The van der Waals surface area contributed by atoms with Crippen LogP contribution < -0.4 is 5.32 Å². The fraction of sp³-hybridized carbons (Fsp3) is 0.500. The van der Waals surface area contributed by atoms with Crippen LogP contribution in [0.3, 0.4) is 0 Å². The van der Waals surface area contributed by atoms with E-state index in [1.807, 2.05) is 6.92 Å². The Labute approximate surface area is 104 Å². The number of benzene rings is 1. The van der Waals surface area contributed by atoms with Gasteiger partial charge in [-0.05, 0) is 47.0 Å². The van der Waals surface area contributed by atoms with E-state index in [2.05, 4.69) is 21.2 Å². The largest absolute Gasteiger partial charge is 0.389 e. The summed E-state index contributed by atoms with van der Waals surface area (Å²) in [7, 11) is 0. The Bertz CT molecular complexity index is 355. The first-order chi connectivity index (χ1) is 7.44. The summed E-state index contributed by atoms with van der Waals surface area (Å²) in [5.41, 5.74) is 0.303. The van der Waals surface area contributed by atoms with Gasteiger partial charge in [0.2, 0.25) is 0 Å². The summed E-state index contributed by atoms with van der Waals surface area (Å²) >= 11 is 3.14. The molecule has 0 fully saturated rings. The Morgan fingerprint density at radius 3 is 2.75 bits per heavy atom. The standard InChI is InChI=1S/C12H17BrFNO/c1-3-12(2,16)8-15-7-9-4-5-11(14)10(13)6-9/h4-6,15-16H,3,7-8H2,1-2H3. The summed E-state index contributed by atoms with van der Waals surface area (Å²) in [6.07, 6.45) is 0.702. The first-order valence-corrected chi connectivity index (χ1v) is 6.11. The SMILES string of the molecule is CCC(C)(O)CNCc1ccc(F)c(Br)c1. The molecule has 1 aromatic carbocycles. The quantitative estimate of drug-likeness (QED) is 0.874. The maximum atomic E-state index is 13.0. The summed E-state index contributed by atoms with van der Waals surface area (Å²) in [5.74, 6) is -0.260. The zero-order valence-corrected chi connectivity index (χ0v) is 11.1. The van der Waals surface area contributed by atoms with Gasteiger partial charge in [0, 0.05) is 13.1 Å². The van der Waals surface area contributed by atoms with Crippen molar-refractivity contribution in [1.29, 1.82) is 0 Å². The molecule has 1 unspecified atom stereocenters. The summed E-state index contributed by atoms with van der Waals surface area (Å²) in [6.45, 7) is 4.88. The molecule has 0 aliphatic rings. The highest BCUT2D eigenvalue weighted by Crippen LogP contribution is 2.16. The van der Waals surface area contributed by atoms with E-state index in [-0.39, 0.29) is 5.82 Å². The average molecular weight is 290 g/mol. The lowest BCUT2D eigenvalue weighted by Crippen LogP contribution is -2.36. The molecule has 0 saturated carbocycles. The molecular formula is C12H17BrFNO. The molecule has 90 valence electrons. The normalized spacial score (nSPS) is 14.8. The van der Waals surface area contributed by atoms with E-state index in [1.54, 1.807) is 19.1 Å². The first-order valence-electron chi connectivity index (χ1n) is 5.31. The smallest absolute Gasteiger partial charge is 0.137 e. The molecule has 0 saturated heterocycles. The van der Waals surface area contributed by atoms with E-state index in [1.165, 1.54) is 6.07 Å². The Balaban J connectivity index is 2.46. The van der Waals surface area contributed by atoms with Crippen molar-refractivity contribution in [2.75, 3.05) is 6.54 Å². The zero-order chi connectivity index (χ0) is 12.2. The van der Waals surface area contributed by atoms with Crippen molar-refractivity contribution in [3.8, 4) is 0 Å². The molecule has 1 aromatic rings. The molecule has 1 atom stereocenters. The van der Waals surface area contributed by atoms with Gasteiger partial charge in [0.25, 0.3) is 0 Å². The summed E-state index contributed by atoms with van der Waals surface area (Å²) in [4.78, 5) is 0. The van der Waals surface area contributed by atoms with Crippen molar-refractivity contribution in [2.24, 2.45) is 0 Å². The minimum Gasteiger partial charge on any atom is -0.389 e. The minimum absolute atomic E-state index is 0.260. The van der Waals surface area contributed by atoms with Crippen molar-refractivity contribution in [1.82, 2.24) is 5.32 Å². The monoisotopic (exact) mass is 289 g/mol. The van der Waals surface area contributed by atoms with Gasteiger partial charge in [0.05, 0.1) is 10.1 Å². The molecular weight excluding hydrogens is 273 g/mol. The van der Waals surface area contributed by atoms with Gasteiger partial charge in [-0.2, -0.15) is 0 Å². The van der Waals surface area contributed by atoms with Crippen molar-refractivity contribution in [3.63, 3.8) is 0 Å². The van der Waals surface area contributed by atoms with Crippen LogP contribution in [-0.4, -0.2) is 17.3 Å². The van der Waals surface area contributed by atoms with Gasteiger partial charge >= 0.3 is 0 Å². The van der Waals surface area contributed by atoms with Crippen molar-refractivity contribution >= 4 is 15.9 Å². The van der Waals surface area contributed by atoms with Crippen LogP contribution in [0.15, 0.2) is 22.7 Å². The average Bonchev–Trinajstić information content (AvgIpc) is 2.23. The van der Waals surface area contributed by atoms with Crippen LogP contribution in [0.1, 0.15) is 25.8 Å². The third-order valence-corrected chi connectivity index (χ3v) is 3.19. The third-order valence-electron chi connectivity index (χ3n) is 2.58. The molecule has 4 heteroatoms.